The zero-order valence-corrected chi connectivity index (χ0v) is 22.5. The van der Waals surface area contributed by atoms with Crippen LogP contribution in [0.25, 0.3) is 21.9 Å². The van der Waals surface area contributed by atoms with Gasteiger partial charge in [0.25, 0.3) is 11.5 Å². The van der Waals surface area contributed by atoms with Gasteiger partial charge in [0.1, 0.15) is 5.69 Å². The summed E-state index contributed by atoms with van der Waals surface area (Å²) in [4.78, 5) is 39.1. The van der Waals surface area contributed by atoms with E-state index in [9.17, 15) is 32.7 Å². The second-order valence-corrected chi connectivity index (χ2v) is 9.77. The Labute approximate surface area is 243 Å². The van der Waals surface area contributed by atoms with Gasteiger partial charge < -0.3 is 15.2 Å². The number of fused-ring (bicyclic) bond motifs is 1. The number of carboxylic acids is 1. The SMILES string of the molecule is O=C(Nc1cc(-c2cccc3ccccc23)cn(C(COCc2ccccc2)C(=O)O)c1=O)c1ccc(C(F)(F)F)cc1. The van der Waals surface area contributed by atoms with Crippen molar-refractivity contribution in [2.75, 3.05) is 11.9 Å². The van der Waals surface area contributed by atoms with Crippen molar-refractivity contribution in [2.45, 2.75) is 18.8 Å². The van der Waals surface area contributed by atoms with E-state index < -0.39 is 35.2 Å². The van der Waals surface area contributed by atoms with E-state index in [2.05, 4.69) is 5.32 Å². The number of ether oxygens (including phenoxy) is 1. The summed E-state index contributed by atoms with van der Waals surface area (Å²) in [6.45, 7) is -0.241. The quantitative estimate of drug-likeness (QED) is 0.198. The highest BCUT2D eigenvalue weighted by Crippen LogP contribution is 2.31. The summed E-state index contributed by atoms with van der Waals surface area (Å²) in [6.07, 6.45) is -3.17. The molecule has 0 bridgehead atoms. The largest absolute Gasteiger partial charge is 0.480 e. The normalized spacial score (nSPS) is 12.2. The van der Waals surface area contributed by atoms with Gasteiger partial charge in [-0.05, 0) is 52.2 Å². The van der Waals surface area contributed by atoms with Crippen LogP contribution < -0.4 is 10.9 Å². The minimum Gasteiger partial charge on any atom is -0.480 e. The monoisotopic (exact) mass is 586 g/mol. The molecule has 43 heavy (non-hydrogen) atoms. The maximum absolute atomic E-state index is 13.6. The van der Waals surface area contributed by atoms with Gasteiger partial charge in [0.2, 0.25) is 0 Å². The third-order valence-electron chi connectivity index (χ3n) is 6.87. The number of carbonyl (C=O) groups excluding carboxylic acids is 1. The molecule has 0 fully saturated rings. The van der Waals surface area contributed by atoms with Gasteiger partial charge in [0.15, 0.2) is 6.04 Å². The predicted molar refractivity (Wildman–Crippen MR) is 156 cm³/mol. The number of pyridine rings is 1. The number of amides is 1. The molecule has 0 radical (unpaired) electrons. The molecule has 7 nitrogen and oxygen atoms in total. The van der Waals surface area contributed by atoms with Crippen molar-refractivity contribution in [3.63, 3.8) is 0 Å². The molecule has 1 heterocycles. The zero-order chi connectivity index (χ0) is 30.6. The molecule has 2 N–H and O–H groups in total. The first-order valence-electron chi connectivity index (χ1n) is 13.2. The summed E-state index contributed by atoms with van der Waals surface area (Å²) >= 11 is 0. The molecule has 0 spiro atoms. The molecule has 1 aromatic heterocycles. The number of aliphatic carboxylic acids is 1. The van der Waals surface area contributed by atoms with E-state index in [0.29, 0.717) is 11.1 Å². The van der Waals surface area contributed by atoms with Gasteiger partial charge in [0, 0.05) is 17.3 Å². The maximum atomic E-state index is 13.6. The lowest BCUT2D eigenvalue weighted by Gasteiger charge is -2.19. The number of rotatable bonds is 9. The predicted octanol–water partition coefficient (Wildman–Crippen LogP) is 6.78. The van der Waals surface area contributed by atoms with E-state index >= 15 is 0 Å². The number of carboxylic acid groups (broad SMARTS) is 1. The zero-order valence-electron chi connectivity index (χ0n) is 22.5. The van der Waals surface area contributed by atoms with Crippen LogP contribution in [0.4, 0.5) is 18.9 Å². The highest BCUT2D eigenvalue weighted by molar-refractivity contribution is 6.05. The van der Waals surface area contributed by atoms with Crippen molar-refractivity contribution >= 4 is 28.3 Å². The smallest absolute Gasteiger partial charge is 0.416 e. The number of hydrogen-bond acceptors (Lipinski definition) is 4. The highest BCUT2D eigenvalue weighted by atomic mass is 19.4. The van der Waals surface area contributed by atoms with E-state index in [1.165, 1.54) is 12.3 Å². The number of alkyl halides is 3. The average molecular weight is 587 g/mol. The van der Waals surface area contributed by atoms with Crippen LogP contribution in [-0.2, 0) is 22.3 Å². The summed E-state index contributed by atoms with van der Waals surface area (Å²) in [5, 5.41) is 14.3. The van der Waals surface area contributed by atoms with Crippen LogP contribution in [0.1, 0.15) is 27.5 Å². The first-order chi connectivity index (χ1) is 20.6. The van der Waals surface area contributed by atoms with E-state index in [-0.39, 0.29) is 24.5 Å². The lowest BCUT2D eigenvalue weighted by atomic mass is 9.99. The Hall–Kier alpha value is -5.22. The Morgan fingerprint density at radius 3 is 2.26 bits per heavy atom. The van der Waals surface area contributed by atoms with Gasteiger partial charge in [0.05, 0.1) is 18.8 Å². The number of nitrogens with zero attached hydrogens (tertiary/aromatic N) is 1. The minimum absolute atomic E-state index is 0.111. The molecule has 218 valence electrons. The number of nitrogens with one attached hydrogen (secondary N) is 1. The Kier molecular flexibility index (Phi) is 8.40. The molecular weight excluding hydrogens is 561 g/mol. The van der Waals surface area contributed by atoms with Crippen LogP contribution in [0, 0.1) is 0 Å². The molecule has 1 amide bonds. The Morgan fingerprint density at radius 2 is 1.56 bits per heavy atom. The standard InChI is InChI=1S/C33H25F3N2O5/c34-33(35,36)25-15-13-23(14-16-25)30(39)37-28-17-24(27-12-6-10-22-9-4-5-11-26(22)27)18-38(31(28)40)29(32(41)42)20-43-19-21-7-2-1-3-8-21/h1-18,29H,19-20H2,(H,37,39)(H,41,42). The van der Waals surface area contributed by atoms with Gasteiger partial charge in [-0.25, -0.2) is 4.79 Å². The number of carbonyl (C=O) groups is 2. The average Bonchev–Trinajstić information content (AvgIpc) is 3.00. The van der Waals surface area contributed by atoms with Crippen molar-refractivity contribution in [1.82, 2.24) is 4.57 Å². The van der Waals surface area contributed by atoms with Gasteiger partial charge >= 0.3 is 12.1 Å². The highest BCUT2D eigenvalue weighted by Gasteiger charge is 2.30. The fourth-order valence-electron chi connectivity index (χ4n) is 4.69. The number of anilines is 1. The van der Waals surface area contributed by atoms with Crippen LogP contribution in [0.5, 0.6) is 0 Å². The van der Waals surface area contributed by atoms with Gasteiger partial charge in [-0.15, -0.1) is 0 Å². The van der Waals surface area contributed by atoms with E-state index in [4.69, 9.17) is 4.74 Å². The van der Waals surface area contributed by atoms with Gasteiger partial charge in [-0.1, -0.05) is 72.8 Å². The lowest BCUT2D eigenvalue weighted by Crippen LogP contribution is -2.34. The van der Waals surface area contributed by atoms with Crippen LogP contribution in [0.3, 0.4) is 0 Å². The topological polar surface area (TPSA) is 97.6 Å². The molecule has 1 atom stereocenters. The molecule has 4 aromatic carbocycles. The molecule has 5 aromatic rings. The fraction of sp³-hybridized carbons (Fsp3) is 0.121. The Morgan fingerprint density at radius 1 is 0.884 bits per heavy atom. The first-order valence-corrected chi connectivity index (χ1v) is 13.2. The Bertz CT molecular complexity index is 1830. The summed E-state index contributed by atoms with van der Waals surface area (Å²) in [6, 6.07) is 25.6. The number of aromatic nitrogens is 1. The first kappa shape index (κ1) is 29.3. The fourth-order valence-corrected chi connectivity index (χ4v) is 4.69. The molecule has 0 saturated heterocycles. The summed E-state index contributed by atoms with van der Waals surface area (Å²) < 4.78 is 45.7. The van der Waals surface area contributed by atoms with Crippen molar-refractivity contribution in [3.8, 4) is 11.1 Å². The summed E-state index contributed by atoms with van der Waals surface area (Å²) in [7, 11) is 0. The molecule has 0 saturated carbocycles. The van der Waals surface area contributed by atoms with Crippen LogP contribution in [-0.4, -0.2) is 28.2 Å². The van der Waals surface area contributed by atoms with Crippen LogP contribution in [0.2, 0.25) is 0 Å². The van der Waals surface area contributed by atoms with E-state index in [1.807, 2.05) is 66.7 Å². The number of hydrogen-bond donors (Lipinski definition) is 2. The van der Waals surface area contributed by atoms with Gasteiger partial charge in [-0.3, -0.25) is 14.2 Å². The molecule has 0 aliphatic carbocycles. The van der Waals surface area contributed by atoms with Crippen molar-refractivity contribution in [3.05, 3.63) is 136 Å². The number of halogens is 3. The van der Waals surface area contributed by atoms with Crippen molar-refractivity contribution in [1.29, 1.82) is 0 Å². The molecule has 10 heteroatoms. The maximum Gasteiger partial charge on any atom is 0.416 e. The summed E-state index contributed by atoms with van der Waals surface area (Å²) in [5.74, 6) is -2.16. The second-order valence-electron chi connectivity index (χ2n) is 9.77. The van der Waals surface area contributed by atoms with Crippen LogP contribution in [0.15, 0.2) is 114 Å². The molecule has 1 unspecified atom stereocenters. The Balaban J connectivity index is 1.55. The third-order valence-corrected chi connectivity index (χ3v) is 6.87. The lowest BCUT2D eigenvalue weighted by molar-refractivity contribution is -0.143. The third kappa shape index (κ3) is 6.65. The van der Waals surface area contributed by atoms with E-state index in [1.54, 1.807) is 6.07 Å². The molecule has 0 aliphatic heterocycles. The minimum atomic E-state index is -4.58. The molecular formula is C33H25F3N2O5. The molecule has 5 rings (SSSR count). The second kappa shape index (κ2) is 12.3. The van der Waals surface area contributed by atoms with Crippen molar-refractivity contribution < 1.29 is 32.6 Å². The number of benzene rings is 4. The van der Waals surface area contributed by atoms with Crippen LogP contribution >= 0.6 is 0 Å². The van der Waals surface area contributed by atoms with Gasteiger partial charge in [-0.2, -0.15) is 13.2 Å². The van der Waals surface area contributed by atoms with Crippen molar-refractivity contribution in [2.24, 2.45) is 0 Å². The van der Waals surface area contributed by atoms with E-state index in [0.717, 1.165) is 45.2 Å². The summed E-state index contributed by atoms with van der Waals surface area (Å²) in [5.41, 5.74) is -0.183. The molecule has 0 aliphatic rings.